The molecule has 0 bridgehead atoms. The molecule has 0 amide bonds. The van der Waals surface area contributed by atoms with Gasteiger partial charge in [-0.25, -0.2) is 0 Å². The number of ether oxygens (including phenoxy) is 1. The molecular formula is C9H16O. The third kappa shape index (κ3) is 1.84. The van der Waals surface area contributed by atoms with Gasteiger partial charge >= 0.3 is 0 Å². The number of rotatable bonds is 2. The Hall–Kier alpha value is -0.300. The highest BCUT2D eigenvalue weighted by Gasteiger charge is 2.10. The molecule has 1 atom stereocenters. The van der Waals surface area contributed by atoms with E-state index in [1.54, 1.807) is 0 Å². The molecule has 0 radical (unpaired) electrons. The van der Waals surface area contributed by atoms with Gasteiger partial charge in [0.25, 0.3) is 0 Å². The fraction of sp³-hybridized carbons (Fsp3) is 0.778. The molecule has 0 aromatic rings. The summed E-state index contributed by atoms with van der Waals surface area (Å²) in [5.74, 6) is 0. The summed E-state index contributed by atoms with van der Waals surface area (Å²) in [6.45, 7) is 5.23. The second kappa shape index (κ2) is 3.77. The molecule has 1 rings (SSSR count). The summed E-state index contributed by atoms with van der Waals surface area (Å²) in [7, 11) is 0. The van der Waals surface area contributed by atoms with Crippen molar-refractivity contribution in [3.63, 3.8) is 0 Å². The normalized spacial score (nSPS) is 26.2. The van der Waals surface area contributed by atoms with Crippen LogP contribution in [0, 0.1) is 0 Å². The Bertz CT molecular complexity index is 127. The first kappa shape index (κ1) is 7.80. The smallest absolute Gasteiger partial charge is 0.0680 e. The molecule has 0 saturated carbocycles. The van der Waals surface area contributed by atoms with E-state index in [1.165, 1.54) is 5.57 Å². The highest BCUT2D eigenvalue weighted by Crippen LogP contribution is 2.16. The van der Waals surface area contributed by atoms with Crippen molar-refractivity contribution >= 4 is 0 Å². The van der Waals surface area contributed by atoms with Crippen LogP contribution in [-0.4, -0.2) is 12.7 Å². The predicted octanol–water partition coefficient (Wildman–Crippen LogP) is 2.52. The summed E-state index contributed by atoms with van der Waals surface area (Å²) in [6, 6.07) is 0. The molecule has 1 aliphatic heterocycles. The molecule has 0 saturated heterocycles. The van der Waals surface area contributed by atoms with E-state index in [9.17, 15) is 0 Å². The van der Waals surface area contributed by atoms with Crippen molar-refractivity contribution in [2.45, 2.75) is 39.2 Å². The maximum atomic E-state index is 5.56. The van der Waals surface area contributed by atoms with Gasteiger partial charge in [-0.3, -0.25) is 0 Å². The van der Waals surface area contributed by atoms with Crippen molar-refractivity contribution < 1.29 is 4.74 Å². The summed E-state index contributed by atoms with van der Waals surface area (Å²) in [6.07, 6.45) is 6.25. The van der Waals surface area contributed by atoms with Gasteiger partial charge in [-0.05, 0) is 24.8 Å². The Labute approximate surface area is 63.1 Å². The summed E-state index contributed by atoms with van der Waals surface area (Å²) in [5.41, 5.74) is 1.46. The fourth-order valence-electron chi connectivity index (χ4n) is 1.18. The van der Waals surface area contributed by atoms with E-state index in [2.05, 4.69) is 19.9 Å². The van der Waals surface area contributed by atoms with Crippen LogP contribution in [0.15, 0.2) is 11.6 Å². The van der Waals surface area contributed by atoms with Crippen molar-refractivity contribution in [1.29, 1.82) is 0 Å². The molecule has 0 N–H and O–H groups in total. The van der Waals surface area contributed by atoms with Crippen LogP contribution >= 0.6 is 0 Å². The van der Waals surface area contributed by atoms with E-state index in [-0.39, 0.29) is 0 Å². The van der Waals surface area contributed by atoms with Crippen molar-refractivity contribution in [3.8, 4) is 0 Å². The maximum absolute atomic E-state index is 5.56. The SMILES string of the molecule is CCC1=CC[C@@H](CC)OC1. The van der Waals surface area contributed by atoms with E-state index in [0.717, 1.165) is 25.9 Å². The van der Waals surface area contributed by atoms with Crippen molar-refractivity contribution in [1.82, 2.24) is 0 Å². The van der Waals surface area contributed by atoms with Crippen molar-refractivity contribution in [3.05, 3.63) is 11.6 Å². The van der Waals surface area contributed by atoms with Crippen LogP contribution in [0.4, 0.5) is 0 Å². The van der Waals surface area contributed by atoms with Gasteiger partial charge in [0, 0.05) is 0 Å². The minimum absolute atomic E-state index is 0.496. The fourth-order valence-corrected chi connectivity index (χ4v) is 1.18. The van der Waals surface area contributed by atoms with Gasteiger partial charge in [0.05, 0.1) is 12.7 Å². The molecular weight excluding hydrogens is 124 g/mol. The van der Waals surface area contributed by atoms with Gasteiger partial charge in [-0.2, -0.15) is 0 Å². The quantitative estimate of drug-likeness (QED) is 0.535. The molecule has 0 aromatic carbocycles. The molecule has 58 valence electrons. The Balaban J connectivity index is 2.36. The molecule has 0 fully saturated rings. The zero-order valence-corrected chi connectivity index (χ0v) is 6.89. The zero-order valence-electron chi connectivity index (χ0n) is 6.89. The molecule has 0 unspecified atom stereocenters. The Morgan fingerprint density at radius 1 is 1.60 bits per heavy atom. The van der Waals surface area contributed by atoms with Gasteiger partial charge in [0.15, 0.2) is 0 Å². The Kier molecular flexibility index (Phi) is 2.94. The minimum atomic E-state index is 0.496. The van der Waals surface area contributed by atoms with E-state index in [0.29, 0.717) is 6.10 Å². The molecule has 0 aromatic heterocycles. The maximum Gasteiger partial charge on any atom is 0.0680 e. The molecule has 0 spiro atoms. The monoisotopic (exact) mass is 140 g/mol. The van der Waals surface area contributed by atoms with Gasteiger partial charge in [0.2, 0.25) is 0 Å². The average Bonchev–Trinajstić information content (AvgIpc) is 2.05. The third-order valence-electron chi connectivity index (χ3n) is 2.08. The standard InChI is InChI=1S/C9H16O/c1-3-8-5-6-9(4-2)10-7-8/h5,9H,3-4,6-7H2,1-2H3/t9-/m1/s1. The summed E-state index contributed by atoms with van der Waals surface area (Å²) < 4.78 is 5.56. The van der Waals surface area contributed by atoms with Crippen LogP contribution in [0.2, 0.25) is 0 Å². The van der Waals surface area contributed by atoms with Crippen LogP contribution in [0.1, 0.15) is 33.1 Å². The Morgan fingerprint density at radius 3 is 2.80 bits per heavy atom. The van der Waals surface area contributed by atoms with Crippen LogP contribution in [0.25, 0.3) is 0 Å². The molecule has 10 heavy (non-hydrogen) atoms. The lowest BCUT2D eigenvalue weighted by Crippen LogP contribution is -2.17. The topological polar surface area (TPSA) is 9.23 Å². The van der Waals surface area contributed by atoms with Gasteiger partial charge in [-0.1, -0.05) is 19.9 Å². The van der Waals surface area contributed by atoms with Gasteiger partial charge in [-0.15, -0.1) is 0 Å². The lowest BCUT2D eigenvalue weighted by molar-refractivity contribution is 0.0582. The largest absolute Gasteiger partial charge is 0.374 e. The summed E-state index contributed by atoms with van der Waals surface area (Å²) >= 11 is 0. The zero-order chi connectivity index (χ0) is 7.40. The van der Waals surface area contributed by atoms with E-state index in [4.69, 9.17) is 4.74 Å². The molecule has 1 heteroatoms. The first-order valence-electron chi connectivity index (χ1n) is 4.16. The third-order valence-corrected chi connectivity index (χ3v) is 2.08. The van der Waals surface area contributed by atoms with E-state index in [1.807, 2.05) is 0 Å². The second-order valence-corrected chi connectivity index (χ2v) is 2.79. The first-order valence-corrected chi connectivity index (χ1v) is 4.16. The molecule has 1 heterocycles. The van der Waals surface area contributed by atoms with Crippen LogP contribution < -0.4 is 0 Å². The van der Waals surface area contributed by atoms with Crippen molar-refractivity contribution in [2.24, 2.45) is 0 Å². The van der Waals surface area contributed by atoms with E-state index >= 15 is 0 Å². The lowest BCUT2D eigenvalue weighted by atomic mass is 10.1. The van der Waals surface area contributed by atoms with Gasteiger partial charge in [0.1, 0.15) is 0 Å². The highest BCUT2D eigenvalue weighted by molar-refractivity contribution is 5.05. The van der Waals surface area contributed by atoms with Crippen LogP contribution in [0.3, 0.4) is 0 Å². The van der Waals surface area contributed by atoms with Gasteiger partial charge < -0.3 is 4.74 Å². The highest BCUT2D eigenvalue weighted by atomic mass is 16.5. The summed E-state index contributed by atoms with van der Waals surface area (Å²) in [4.78, 5) is 0. The lowest BCUT2D eigenvalue weighted by Gasteiger charge is -2.20. The molecule has 1 nitrogen and oxygen atoms in total. The predicted molar refractivity (Wildman–Crippen MR) is 43.0 cm³/mol. The Morgan fingerprint density at radius 2 is 2.40 bits per heavy atom. The second-order valence-electron chi connectivity index (χ2n) is 2.79. The first-order chi connectivity index (χ1) is 4.86. The van der Waals surface area contributed by atoms with Crippen molar-refractivity contribution in [2.75, 3.05) is 6.61 Å². The number of hydrogen-bond donors (Lipinski definition) is 0. The van der Waals surface area contributed by atoms with Crippen LogP contribution in [-0.2, 0) is 4.74 Å². The number of hydrogen-bond acceptors (Lipinski definition) is 1. The van der Waals surface area contributed by atoms with E-state index < -0.39 is 0 Å². The molecule has 1 aliphatic rings. The minimum Gasteiger partial charge on any atom is -0.374 e. The molecule has 0 aliphatic carbocycles. The average molecular weight is 140 g/mol. The van der Waals surface area contributed by atoms with Crippen LogP contribution in [0.5, 0.6) is 0 Å². The summed E-state index contributed by atoms with van der Waals surface area (Å²) in [5, 5.41) is 0.